The molecule has 1 aromatic carbocycles. The molecule has 1 aliphatic rings. The van der Waals surface area contributed by atoms with Crippen LogP contribution in [0.3, 0.4) is 0 Å². The second kappa shape index (κ2) is 8.25. The Kier molecular flexibility index (Phi) is 6.81. The molecule has 3 heteroatoms. The number of benzene rings is 1. The summed E-state index contributed by atoms with van der Waals surface area (Å²) in [5.74, 6) is 0. The Morgan fingerprint density at radius 1 is 1.00 bits per heavy atom. The van der Waals surface area contributed by atoms with Crippen molar-refractivity contribution in [1.82, 2.24) is 0 Å². The zero-order valence-corrected chi connectivity index (χ0v) is 17.2. The molecule has 0 spiro atoms. The fraction of sp³-hybridized carbons (Fsp3) is 0.714. The van der Waals surface area contributed by atoms with Crippen molar-refractivity contribution in [3.05, 3.63) is 29.8 Å². The summed E-state index contributed by atoms with van der Waals surface area (Å²) in [6.45, 7) is 15.7. The minimum absolute atomic E-state index is 0.0191. The van der Waals surface area contributed by atoms with Crippen LogP contribution in [0, 0.1) is 0 Å². The molecule has 2 nitrogen and oxygen atoms in total. The van der Waals surface area contributed by atoms with Gasteiger partial charge in [0.1, 0.15) is 9.49 Å². The largest absolute Gasteiger partial charge is 0.353 e. The van der Waals surface area contributed by atoms with Crippen molar-refractivity contribution in [2.75, 3.05) is 13.2 Å². The summed E-state index contributed by atoms with van der Waals surface area (Å²) < 4.78 is 12.0. The second-order valence-electron chi connectivity index (χ2n) is 8.59. The Morgan fingerprint density at radius 3 is 2.12 bits per heavy atom. The molecule has 1 unspecified atom stereocenters. The molecule has 0 aromatic heterocycles. The van der Waals surface area contributed by atoms with Crippen LogP contribution in [0.25, 0.3) is 0 Å². The lowest BCUT2D eigenvalue weighted by Crippen LogP contribution is -2.42. The normalized spacial score (nSPS) is 19.7. The molecule has 0 bridgehead atoms. The monoisotopic (exact) mass is 351 g/mol. The summed E-state index contributed by atoms with van der Waals surface area (Å²) in [6, 6.07) is 9.20. The Hall–Kier alpha value is -0.510. The molecule has 1 aromatic rings. The first-order valence-electron chi connectivity index (χ1n) is 9.24. The Morgan fingerprint density at radius 2 is 1.62 bits per heavy atom. The third-order valence-electron chi connectivity index (χ3n) is 4.22. The van der Waals surface area contributed by atoms with Crippen molar-refractivity contribution < 1.29 is 9.47 Å². The van der Waals surface area contributed by atoms with Gasteiger partial charge in [0.25, 0.3) is 0 Å². The van der Waals surface area contributed by atoms with Gasteiger partial charge in [-0.2, -0.15) is 0 Å². The van der Waals surface area contributed by atoms with E-state index in [1.165, 1.54) is 23.3 Å². The highest BCUT2D eigenvalue weighted by molar-refractivity contribution is 7.99. The van der Waals surface area contributed by atoms with E-state index >= 15 is 0 Å². The van der Waals surface area contributed by atoms with Crippen LogP contribution in [0.15, 0.2) is 29.2 Å². The smallest absolute Gasteiger partial charge is 0.157 e. The molecule has 1 aliphatic heterocycles. The summed E-state index contributed by atoms with van der Waals surface area (Å²) >= 11 is 0. The third-order valence-corrected chi connectivity index (χ3v) is 7.41. The average molecular weight is 352 g/mol. The molecule has 0 saturated carbocycles. The zero-order valence-electron chi connectivity index (χ0n) is 16.4. The molecule has 1 heterocycles. The van der Waals surface area contributed by atoms with Gasteiger partial charge < -0.3 is 9.47 Å². The third kappa shape index (κ3) is 5.79. The standard InChI is InChI=1S/C21H35O2S/c1-20(2,3)24(21(4,5)6)18-12-10-17(11-13-18)14-16-23-19-9-7-8-15-22-19/h10-13,19H,7-9,14-16H2,1-6H3/q+1. The topological polar surface area (TPSA) is 18.5 Å². The summed E-state index contributed by atoms with van der Waals surface area (Å²) in [6.07, 6.45) is 4.41. The zero-order chi connectivity index (χ0) is 17.8. The quantitative estimate of drug-likeness (QED) is 0.666. The number of ether oxygens (including phenoxy) is 2. The van der Waals surface area contributed by atoms with E-state index in [4.69, 9.17) is 9.47 Å². The minimum atomic E-state index is 0.0191. The van der Waals surface area contributed by atoms with Gasteiger partial charge in [0.15, 0.2) is 11.2 Å². The van der Waals surface area contributed by atoms with Crippen LogP contribution >= 0.6 is 0 Å². The molecule has 0 amide bonds. The van der Waals surface area contributed by atoms with Gasteiger partial charge in [0.2, 0.25) is 0 Å². The molecule has 0 radical (unpaired) electrons. The number of hydrogen-bond acceptors (Lipinski definition) is 2. The van der Waals surface area contributed by atoms with Crippen LogP contribution in [0.5, 0.6) is 0 Å². The van der Waals surface area contributed by atoms with Gasteiger partial charge in [-0.15, -0.1) is 0 Å². The second-order valence-corrected chi connectivity index (χ2v) is 12.1. The molecule has 136 valence electrons. The molecule has 1 atom stereocenters. The lowest BCUT2D eigenvalue weighted by Gasteiger charge is -2.31. The van der Waals surface area contributed by atoms with Crippen LogP contribution in [0.4, 0.5) is 0 Å². The molecule has 0 aliphatic carbocycles. The van der Waals surface area contributed by atoms with Crippen LogP contribution in [-0.4, -0.2) is 29.0 Å². The lowest BCUT2D eigenvalue weighted by atomic mass is 10.1. The summed E-state index contributed by atoms with van der Waals surface area (Å²) in [7, 11) is 0.208. The summed E-state index contributed by atoms with van der Waals surface area (Å²) in [4.78, 5) is 1.47. The van der Waals surface area contributed by atoms with Crippen molar-refractivity contribution in [1.29, 1.82) is 0 Å². The highest BCUT2D eigenvalue weighted by Crippen LogP contribution is 2.37. The van der Waals surface area contributed by atoms with Crippen molar-refractivity contribution >= 4 is 10.9 Å². The van der Waals surface area contributed by atoms with Crippen molar-refractivity contribution in [2.45, 2.75) is 87.9 Å². The first kappa shape index (κ1) is 19.8. The SMILES string of the molecule is CC(C)(C)[S+](c1ccc(CCOC2CCCCO2)cc1)C(C)(C)C. The van der Waals surface area contributed by atoms with Gasteiger partial charge in [-0.3, -0.25) is 0 Å². The Bertz CT molecular complexity index is 476. The first-order chi connectivity index (χ1) is 11.2. The minimum Gasteiger partial charge on any atom is -0.353 e. The fourth-order valence-corrected chi connectivity index (χ4v) is 7.23. The van der Waals surface area contributed by atoms with Gasteiger partial charge in [0.05, 0.1) is 6.61 Å². The summed E-state index contributed by atoms with van der Waals surface area (Å²) in [5, 5.41) is 0. The molecule has 2 rings (SSSR count). The van der Waals surface area contributed by atoms with E-state index in [9.17, 15) is 0 Å². The lowest BCUT2D eigenvalue weighted by molar-refractivity contribution is -0.161. The van der Waals surface area contributed by atoms with E-state index in [0.29, 0.717) is 0 Å². The summed E-state index contributed by atoms with van der Waals surface area (Å²) in [5.41, 5.74) is 1.35. The van der Waals surface area contributed by atoms with E-state index < -0.39 is 0 Å². The Balaban J connectivity index is 1.94. The number of rotatable bonds is 5. The molecule has 0 N–H and O–H groups in total. The van der Waals surface area contributed by atoms with E-state index in [2.05, 4.69) is 65.8 Å². The van der Waals surface area contributed by atoms with Crippen LogP contribution in [0.1, 0.15) is 66.4 Å². The van der Waals surface area contributed by atoms with E-state index in [-0.39, 0.29) is 26.7 Å². The van der Waals surface area contributed by atoms with Crippen molar-refractivity contribution in [2.24, 2.45) is 0 Å². The van der Waals surface area contributed by atoms with Crippen LogP contribution in [0.2, 0.25) is 0 Å². The molecule has 1 saturated heterocycles. The maximum Gasteiger partial charge on any atom is 0.157 e. The van der Waals surface area contributed by atoms with Crippen LogP contribution < -0.4 is 0 Å². The van der Waals surface area contributed by atoms with Gasteiger partial charge >= 0.3 is 0 Å². The molecular formula is C21H35O2S+. The van der Waals surface area contributed by atoms with E-state index in [1.807, 2.05) is 0 Å². The van der Waals surface area contributed by atoms with Gasteiger partial charge in [-0.05, 0) is 84.9 Å². The van der Waals surface area contributed by atoms with Gasteiger partial charge in [0, 0.05) is 17.5 Å². The Labute approximate surface area is 151 Å². The average Bonchev–Trinajstić information content (AvgIpc) is 2.47. The van der Waals surface area contributed by atoms with Gasteiger partial charge in [-0.25, -0.2) is 0 Å². The highest BCUT2D eigenvalue weighted by Gasteiger charge is 2.46. The van der Waals surface area contributed by atoms with Crippen molar-refractivity contribution in [3.63, 3.8) is 0 Å². The molecule has 24 heavy (non-hydrogen) atoms. The van der Waals surface area contributed by atoms with E-state index in [0.717, 1.165) is 26.1 Å². The van der Waals surface area contributed by atoms with Crippen molar-refractivity contribution in [3.8, 4) is 0 Å². The molecule has 1 fully saturated rings. The fourth-order valence-electron chi connectivity index (χ4n) is 3.57. The van der Waals surface area contributed by atoms with E-state index in [1.54, 1.807) is 0 Å². The molecular weight excluding hydrogens is 316 g/mol. The highest BCUT2D eigenvalue weighted by atomic mass is 32.2. The van der Waals surface area contributed by atoms with Gasteiger partial charge in [-0.1, -0.05) is 12.1 Å². The maximum absolute atomic E-state index is 5.85. The maximum atomic E-state index is 5.85. The van der Waals surface area contributed by atoms with Crippen LogP contribution in [-0.2, 0) is 26.8 Å². The number of hydrogen-bond donors (Lipinski definition) is 0. The first-order valence-corrected chi connectivity index (χ1v) is 10.5. The predicted octanol–water partition coefficient (Wildman–Crippen LogP) is 5.35. The predicted molar refractivity (Wildman–Crippen MR) is 105 cm³/mol.